The van der Waals surface area contributed by atoms with Gasteiger partial charge in [0.25, 0.3) is 0 Å². The molecule has 0 spiro atoms. The van der Waals surface area contributed by atoms with Crippen LogP contribution in [0.2, 0.25) is 0 Å². The molecule has 0 fully saturated rings. The summed E-state index contributed by atoms with van der Waals surface area (Å²) in [6, 6.07) is 0. The van der Waals surface area contributed by atoms with Crippen molar-refractivity contribution in [3.8, 4) is 4.97 Å². The molecular formula is C7H12FeNO6. The zero-order valence-corrected chi connectivity index (χ0v) is 8.64. The second-order valence-electron chi connectivity index (χ2n) is 2.44. The van der Waals surface area contributed by atoms with Gasteiger partial charge in [-0.05, 0) is 0 Å². The maximum Gasteiger partial charge on any atom is 0.151 e. The Morgan fingerprint density at radius 1 is 1.27 bits per heavy atom. The van der Waals surface area contributed by atoms with Crippen molar-refractivity contribution < 1.29 is 46.3 Å². The Hall–Kier alpha value is -0.521. The number of aldehydes is 1. The number of hydrogen-bond donors (Lipinski definition) is 5. The quantitative estimate of drug-likeness (QED) is 0.257. The number of carbonyl (C=O) groups is 1. The molecule has 0 bridgehead atoms. The van der Waals surface area contributed by atoms with E-state index in [1.807, 2.05) is 0 Å². The monoisotopic (exact) mass is 262 g/mol. The van der Waals surface area contributed by atoms with E-state index in [0.29, 0.717) is 0 Å². The number of aliphatic hydroxyl groups is 5. The van der Waals surface area contributed by atoms with Gasteiger partial charge in [-0.25, -0.2) is 0 Å². The van der Waals surface area contributed by atoms with Crippen molar-refractivity contribution in [3.63, 3.8) is 0 Å². The van der Waals surface area contributed by atoms with E-state index in [9.17, 15) is 4.79 Å². The Kier molecular flexibility index (Phi) is 11.3. The van der Waals surface area contributed by atoms with Crippen LogP contribution in [0.5, 0.6) is 0 Å². The van der Waals surface area contributed by atoms with Gasteiger partial charge in [-0.3, -0.25) is 0 Å². The fourth-order valence-electron chi connectivity index (χ4n) is 0.618. The van der Waals surface area contributed by atoms with Crippen LogP contribution in [0, 0.1) is 10.2 Å². The Labute approximate surface area is 94.4 Å². The van der Waals surface area contributed by atoms with Crippen LogP contribution in [-0.2, 0) is 20.8 Å². The predicted octanol–water partition coefficient (Wildman–Crippen LogP) is -3.36. The van der Waals surface area contributed by atoms with E-state index in [0.717, 1.165) is 0 Å². The molecule has 15 heavy (non-hydrogen) atoms. The minimum absolute atomic E-state index is 0.0258. The van der Waals surface area contributed by atoms with E-state index in [-0.39, 0.29) is 6.29 Å². The molecule has 7 nitrogen and oxygen atoms in total. The van der Waals surface area contributed by atoms with Crippen molar-refractivity contribution in [2.75, 3.05) is 6.61 Å². The third kappa shape index (κ3) is 7.41. The minimum Gasteiger partial charge on any atom is -0.394 e. The summed E-state index contributed by atoms with van der Waals surface area (Å²) >= 11 is 2.79. The molecule has 0 radical (unpaired) electrons. The molecule has 0 rings (SSSR count). The Morgan fingerprint density at radius 3 is 1.93 bits per heavy atom. The number of nitrogens with zero attached hydrogens (tertiary/aromatic N) is 1. The zero-order chi connectivity index (χ0) is 12.4. The first-order valence-electron chi connectivity index (χ1n) is 3.73. The first-order valence-corrected chi connectivity index (χ1v) is 4.28. The van der Waals surface area contributed by atoms with E-state index in [1.165, 1.54) is 4.97 Å². The topological polar surface area (TPSA) is 142 Å². The van der Waals surface area contributed by atoms with E-state index in [2.05, 4.69) is 16.0 Å². The first-order chi connectivity index (χ1) is 6.95. The largest absolute Gasteiger partial charge is 0.394 e. The summed E-state index contributed by atoms with van der Waals surface area (Å²) in [5.41, 5.74) is 0. The standard InChI is InChI=1S/C6H12O6.CN.Fe/c7-1-3(9)5(11)6(12)4(10)2-8;1-2;/h1,3-6,8-12H,2H2;;/t3-,4+,5+,6+;;/m0../s1. The predicted molar refractivity (Wildman–Crippen MR) is 42.8 cm³/mol. The van der Waals surface area contributed by atoms with Crippen molar-refractivity contribution in [1.29, 1.82) is 5.26 Å². The zero-order valence-electron chi connectivity index (χ0n) is 7.54. The molecule has 4 atom stereocenters. The molecule has 0 aromatic rings. The van der Waals surface area contributed by atoms with Crippen LogP contribution in [0.4, 0.5) is 0 Å². The summed E-state index contributed by atoms with van der Waals surface area (Å²) in [7, 11) is 0. The van der Waals surface area contributed by atoms with Gasteiger partial charge in [0.15, 0.2) is 6.29 Å². The fourth-order valence-corrected chi connectivity index (χ4v) is 0.618. The third-order valence-electron chi connectivity index (χ3n) is 1.42. The van der Waals surface area contributed by atoms with Gasteiger partial charge in [-0.1, -0.05) is 0 Å². The summed E-state index contributed by atoms with van der Waals surface area (Å²) < 4.78 is 0. The number of rotatable bonds is 5. The molecule has 0 aliphatic carbocycles. The van der Waals surface area contributed by atoms with Crippen LogP contribution in [0.3, 0.4) is 0 Å². The number of nitriles is 1. The van der Waals surface area contributed by atoms with Crippen LogP contribution in [0.15, 0.2) is 0 Å². The van der Waals surface area contributed by atoms with Gasteiger partial charge in [0.2, 0.25) is 0 Å². The molecule has 0 unspecified atom stereocenters. The van der Waals surface area contributed by atoms with Crippen LogP contribution in [0.1, 0.15) is 0 Å². The molecule has 0 aliphatic rings. The van der Waals surface area contributed by atoms with Gasteiger partial charge < -0.3 is 30.3 Å². The smallest absolute Gasteiger partial charge is 0.151 e. The van der Waals surface area contributed by atoms with E-state index in [4.69, 9.17) is 30.8 Å². The summed E-state index contributed by atoms with van der Waals surface area (Å²) in [5.74, 6) is 0. The first kappa shape index (κ1) is 16.9. The fraction of sp³-hybridized carbons (Fsp3) is 0.714. The van der Waals surface area contributed by atoms with Gasteiger partial charge in [0, 0.05) is 0 Å². The molecule has 89 valence electrons. The van der Waals surface area contributed by atoms with E-state index in [1.54, 1.807) is 0 Å². The molecular weight excluding hydrogens is 250 g/mol. The molecule has 0 heterocycles. The number of hydrogen-bond acceptors (Lipinski definition) is 7. The van der Waals surface area contributed by atoms with Gasteiger partial charge in [-0.2, -0.15) is 0 Å². The summed E-state index contributed by atoms with van der Waals surface area (Å²) in [5, 5.41) is 50.7. The summed E-state index contributed by atoms with van der Waals surface area (Å²) in [6.07, 6.45) is -6.84. The molecule has 0 saturated heterocycles. The minimum atomic E-state index is -1.79. The van der Waals surface area contributed by atoms with Crippen LogP contribution >= 0.6 is 0 Å². The Bertz CT molecular complexity index is 208. The molecule has 8 heteroatoms. The summed E-state index contributed by atoms with van der Waals surface area (Å²) in [4.78, 5) is 11.4. The van der Waals surface area contributed by atoms with Gasteiger partial charge >= 0.3 is 26.2 Å². The Balaban J connectivity index is 0. The normalized spacial score (nSPS) is 17.4. The van der Waals surface area contributed by atoms with Crippen molar-refractivity contribution in [2.24, 2.45) is 0 Å². The molecule has 0 saturated carbocycles. The van der Waals surface area contributed by atoms with Crippen LogP contribution in [0.25, 0.3) is 0 Å². The van der Waals surface area contributed by atoms with Crippen molar-refractivity contribution in [1.82, 2.24) is 0 Å². The SMILES string of the molecule is N#[C][Fe].O=C[C@H](O)[C@@H](O)[C@H](O)[C@H](O)CO. The number of aliphatic hydroxyl groups excluding tert-OH is 5. The maximum absolute atomic E-state index is 9.90. The van der Waals surface area contributed by atoms with Crippen LogP contribution < -0.4 is 0 Å². The Morgan fingerprint density at radius 2 is 1.67 bits per heavy atom. The van der Waals surface area contributed by atoms with Gasteiger partial charge in [0.1, 0.15) is 24.4 Å². The molecule has 0 aliphatic heterocycles. The second kappa shape index (κ2) is 10.0. The number of carbonyl (C=O) groups excluding carboxylic acids is 1. The van der Waals surface area contributed by atoms with Crippen molar-refractivity contribution in [3.05, 3.63) is 0 Å². The average molecular weight is 262 g/mol. The average Bonchev–Trinajstić information content (AvgIpc) is 2.25. The molecule has 0 aromatic heterocycles. The maximum atomic E-state index is 9.90. The van der Waals surface area contributed by atoms with Gasteiger partial charge in [0.05, 0.1) is 6.61 Å². The third-order valence-corrected chi connectivity index (χ3v) is 1.42. The summed E-state index contributed by atoms with van der Waals surface area (Å²) in [6.45, 7) is -0.760. The van der Waals surface area contributed by atoms with Gasteiger partial charge in [-0.15, -0.1) is 0 Å². The van der Waals surface area contributed by atoms with Crippen molar-refractivity contribution in [2.45, 2.75) is 24.4 Å². The molecule has 5 N–H and O–H groups in total. The second-order valence-corrected chi connectivity index (χ2v) is 2.68. The van der Waals surface area contributed by atoms with Crippen molar-refractivity contribution >= 4 is 6.29 Å². The van der Waals surface area contributed by atoms with E-state index < -0.39 is 31.0 Å². The van der Waals surface area contributed by atoms with Crippen LogP contribution in [-0.4, -0.2) is 62.8 Å². The molecule has 0 amide bonds. The van der Waals surface area contributed by atoms with E-state index >= 15 is 0 Å². The molecule has 0 aromatic carbocycles.